The number of pyridine rings is 1. The summed E-state index contributed by atoms with van der Waals surface area (Å²) < 4.78 is 6.26. The van der Waals surface area contributed by atoms with E-state index in [0.29, 0.717) is 16.7 Å². The number of aromatic nitrogens is 4. The summed E-state index contributed by atoms with van der Waals surface area (Å²) in [6.45, 7) is 2.08. The summed E-state index contributed by atoms with van der Waals surface area (Å²) in [5.41, 5.74) is 5.82. The molecular weight excluding hydrogens is 394 g/mol. The Kier molecular flexibility index (Phi) is 5.03. The number of nitrogens with one attached hydrogen (secondary N) is 1. The van der Waals surface area contributed by atoms with Crippen LogP contribution in [0.4, 0.5) is 5.69 Å². The normalized spacial score (nSPS) is 14.6. The lowest BCUT2D eigenvalue weighted by Gasteiger charge is -2.18. The second-order valence-corrected chi connectivity index (χ2v) is 7.94. The van der Waals surface area contributed by atoms with Gasteiger partial charge in [0, 0.05) is 35.0 Å². The number of aryl methyl sites for hydroxylation is 1. The summed E-state index contributed by atoms with van der Waals surface area (Å²) in [6.07, 6.45) is 3.10. The first-order chi connectivity index (χ1) is 14.8. The zero-order valence-corrected chi connectivity index (χ0v) is 17.1. The average molecular weight is 414 g/mol. The molecule has 5 rings (SSSR count). The molecule has 0 radical (unpaired) electrons. The Morgan fingerprint density at radius 2 is 1.87 bits per heavy atom. The second kappa shape index (κ2) is 8.12. The SMILES string of the molecule is Cc1ccc(CSc2nnc3c(n2)O[C@@H](c2cccnc2)Nc2ccccc2-3)cc1. The maximum absolute atomic E-state index is 6.26. The van der Waals surface area contributed by atoms with Gasteiger partial charge in [-0.15, -0.1) is 10.2 Å². The van der Waals surface area contributed by atoms with E-state index in [-0.39, 0.29) is 0 Å². The topological polar surface area (TPSA) is 72.8 Å². The van der Waals surface area contributed by atoms with Gasteiger partial charge in [-0.2, -0.15) is 4.98 Å². The average Bonchev–Trinajstić information content (AvgIpc) is 2.96. The van der Waals surface area contributed by atoms with Crippen molar-refractivity contribution in [3.8, 4) is 17.1 Å². The van der Waals surface area contributed by atoms with Crippen LogP contribution in [-0.2, 0) is 5.75 Å². The van der Waals surface area contributed by atoms with Crippen molar-refractivity contribution in [3.05, 3.63) is 89.7 Å². The predicted octanol–water partition coefficient (Wildman–Crippen LogP) is 5.04. The molecule has 7 heteroatoms. The van der Waals surface area contributed by atoms with Crippen molar-refractivity contribution >= 4 is 17.4 Å². The summed E-state index contributed by atoms with van der Waals surface area (Å²) in [5, 5.41) is 12.8. The molecule has 1 atom stereocenters. The van der Waals surface area contributed by atoms with Crippen LogP contribution in [-0.4, -0.2) is 20.2 Å². The Labute approximate surface area is 178 Å². The second-order valence-electron chi connectivity index (χ2n) is 7.00. The molecule has 2 aromatic carbocycles. The molecule has 0 aliphatic carbocycles. The van der Waals surface area contributed by atoms with E-state index in [1.54, 1.807) is 12.4 Å². The van der Waals surface area contributed by atoms with Crippen LogP contribution >= 0.6 is 11.8 Å². The Balaban J connectivity index is 1.48. The van der Waals surface area contributed by atoms with Crippen molar-refractivity contribution in [1.29, 1.82) is 0 Å². The number of hydrogen-bond acceptors (Lipinski definition) is 7. The van der Waals surface area contributed by atoms with Gasteiger partial charge in [-0.3, -0.25) is 4.98 Å². The van der Waals surface area contributed by atoms with Crippen molar-refractivity contribution < 1.29 is 4.74 Å². The quantitative estimate of drug-likeness (QED) is 0.470. The smallest absolute Gasteiger partial charge is 0.247 e. The van der Waals surface area contributed by atoms with Crippen LogP contribution in [0.3, 0.4) is 0 Å². The zero-order chi connectivity index (χ0) is 20.3. The van der Waals surface area contributed by atoms with Gasteiger partial charge in [0.2, 0.25) is 11.0 Å². The molecule has 1 N–H and O–H groups in total. The number of anilines is 1. The van der Waals surface area contributed by atoms with E-state index in [0.717, 1.165) is 22.6 Å². The first-order valence-corrected chi connectivity index (χ1v) is 10.6. The molecule has 0 spiro atoms. The maximum Gasteiger partial charge on any atom is 0.247 e. The van der Waals surface area contributed by atoms with E-state index in [4.69, 9.17) is 4.74 Å². The number of benzene rings is 2. The molecule has 6 nitrogen and oxygen atoms in total. The molecule has 0 bridgehead atoms. The lowest BCUT2D eigenvalue weighted by atomic mass is 10.1. The Morgan fingerprint density at radius 1 is 1.00 bits per heavy atom. The first-order valence-electron chi connectivity index (χ1n) is 9.62. The Bertz CT molecular complexity index is 1170. The van der Waals surface area contributed by atoms with Crippen LogP contribution in [0.15, 0.2) is 78.2 Å². The van der Waals surface area contributed by atoms with Gasteiger partial charge in [0.25, 0.3) is 0 Å². The Morgan fingerprint density at radius 3 is 2.70 bits per heavy atom. The molecule has 3 heterocycles. The number of fused-ring (bicyclic) bond motifs is 3. The van der Waals surface area contributed by atoms with E-state index in [2.05, 4.69) is 56.7 Å². The highest BCUT2D eigenvalue weighted by Crippen LogP contribution is 2.39. The molecule has 0 amide bonds. The molecule has 30 heavy (non-hydrogen) atoms. The molecule has 0 fully saturated rings. The maximum atomic E-state index is 6.26. The lowest BCUT2D eigenvalue weighted by Crippen LogP contribution is -2.17. The van der Waals surface area contributed by atoms with E-state index in [1.807, 2.05) is 36.4 Å². The van der Waals surface area contributed by atoms with Crippen molar-refractivity contribution in [1.82, 2.24) is 20.2 Å². The van der Waals surface area contributed by atoms with Gasteiger partial charge < -0.3 is 10.1 Å². The summed E-state index contributed by atoms with van der Waals surface area (Å²) >= 11 is 1.54. The van der Waals surface area contributed by atoms with E-state index >= 15 is 0 Å². The van der Waals surface area contributed by atoms with Gasteiger partial charge in [-0.1, -0.05) is 65.9 Å². The molecule has 0 unspecified atom stereocenters. The third-order valence-corrected chi connectivity index (χ3v) is 5.72. The fourth-order valence-corrected chi connectivity index (χ4v) is 3.96. The van der Waals surface area contributed by atoms with Gasteiger partial charge in [-0.05, 0) is 24.6 Å². The largest absolute Gasteiger partial charge is 0.448 e. The van der Waals surface area contributed by atoms with E-state index in [9.17, 15) is 0 Å². The van der Waals surface area contributed by atoms with Crippen LogP contribution in [0.25, 0.3) is 11.3 Å². The minimum atomic E-state index is -0.423. The fourth-order valence-electron chi connectivity index (χ4n) is 3.22. The van der Waals surface area contributed by atoms with Gasteiger partial charge in [0.1, 0.15) is 0 Å². The molecule has 4 aromatic rings. The number of ether oxygens (including phenoxy) is 1. The molecule has 2 aromatic heterocycles. The molecular formula is C23H19N5OS. The van der Waals surface area contributed by atoms with Crippen LogP contribution in [0.5, 0.6) is 5.88 Å². The predicted molar refractivity (Wildman–Crippen MR) is 117 cm³/mol. The highest BCUT2D eigenvalue weighted by Gasteiger charge is 2.26. The van der Waals surface area contributed by atoms with Crippen molar-refractivity contribution in [2.24, 2.45) is 0 Å². The van der Waals surface area contributed by atoms with Crippen molar-refractivity contribution in [3.63, 3.8) is 0 Å². The summed E-state index contributed by atoms with van der Waals surface area (Å²) in [4.78, 5) is 8.90. The molecule has 1 aliphatic rings. The standard InChI is InChI=1S/C23H19N5OS/c1-15-8-10-16(11-9-15)14-30-23-26-22-20(27-28-23)18-6-2-3-7-19(18)25-21(29-22)17-5-4-12-24-13-17/h2-13,21,25H,14H2,1H3/t21-/m0/s1. The lowest BCUT2D eigenvalue weighted by molar-refractivity contribution is 0.225. The molecule has 148 valence electrons. The highest BCUT2D eigenvalue weighted by molar-refractivity contribution is 7.98. The van der Waals surface area contributed by atoms with Crippen LogP contribution in [0.1, 0.15) is 22.9 Å². The third kappa shape index (κ3) is 3.84. The third-order valence-electron chi connectivity index (χ3n) is 4.81. The zero-order valence-electron chi connectivity index (χ0n) is 16.3. The highest BCUT2D eigenvalue weighted by atomic mass is 32.2. The first kappa shape index (κ1) is 18.6. The van der Waals surface area contributed by atoms with E-state index < -0.39 is 6.23 Å². The van der Waals surface area contributed by atoms with Crippen LogP contribution in [0, 0.1) is 6.92 Å². The number of rotatable bonds is 4. The fraction of sp³-hybridized carbons (Fsp3) is 0.130. The monoisotopic (exact) mass is 413 g/mol. The summed E-state index contributed by atoms with van der Waals surface area (Å²) in [5.74, 6) is 1.23. The van der Waals surface area contributed by atoms with Crippen molar-refractivity contribution in [2.45, 2.75) is 24.1 Å². The summed E-state index contributed by atoms with van der Waals surface area (Å²) in [7, 11) is 0. The molecule has 0 saturated carbocycles. The van der Waals surface area contributed by atoms with Gasteiger partial charge in [-0.25, -0.2) is 0 Å². The minimum Gasteiger partial charge on any atom is -0.448 e. The van der Waals surface area contributed by atoms with Gasteiger partial charge in [0.05, 0.1) is 0 Å². The summed E-state index contributed by atoms with van der Waals surface area (Å²) in [6, 6.07) is 20.2. The van der Waals surface area contributed by atoms with Crippen molar-refractivity contribution in [2.75, 3.05) is 5.32 Å². The number of thioether (sulfide) groups is 1. The number of nitrogens with zero attached hydrogens (tertiary/aromatic N) is 4. The van der Waals surface area contributed by atoms with E-state index in [1.165, 1.54) is 22.9 Å². The van der Waals surface area contributed by atoms with Gasteiger partial charge >= 0.3 is 0 Å². The van der Waals surface area contributed by atoms with Crippen LogP contribution in [0.2, 0.25) is 0 Å². The Hall–Kier alpha value is -3.45. The number of hydrogen-bond donors (Lipinski definition) is 1. The number of para-hydroxylation sites is 1. The minimum absolute atomic E-state index is 0.423. The van der Waals surface area contributed by atoms with Crippen LogP contribution < -0.4 is 10.1 Å². The molecule has 0 saturated heterocycles. The van der Waals surface area contributed by atoms with Gasteiger partial charge in [0.15, 0.2) is 11.9 Å². The molecule has 1 aliphatic heterocycles.